The number of hydrogen-bond acceptors (Lipinski definition) is 5. The first-order chi connectivity index (χ1) is 12.5. The normalized spacial score (nSPS) is 11.4. The van der Waals surface area contributed by atoms with Crippen molar-refractivity contribution in [2.75, 3.05) is 19.5 Å². The quantitative estimate of drug-likeness (QED) is 0.768. The fourth-order valence-corrected chi connectivity index (χ4v) is 2.39. The van der Waals surface area contributed by atoms with Crippen molar-refractivity contribution in [1.82, 2.24) is 0 Å². The second-order valence-electron chi connectivity index (χ2n) is 5.63. The predicted molar refractivity (Wildman–Crippen MR) is 98.9 cm³/mol. The molecule has 138 valence electrons. The minimum absolute atomic E-state index is 0.193. The Bertz CT molecular complexity index is 770. The minimum Gasteiger partial charge on any atom is -0.493 e. The lowest BCUT2D eigenvalue weighted by molar-refractivity contribution is -0.123. The predicted octanol–water partition coefficient (Wildman–Crippen LogP) is 3.45. The van der Waals surface area contributed by atoms with Gasteiger partial charge in [0, 0.05) is 5.69 Å². The zero-order valence-electron chi connectivity index (χ0n) is 15.4. The minimum atomic E-state index is -0.968. The van der Waals surface area contributed by atoms with Crippen LogP contribution in [-0.2, 0) is 16.0 Å². The van der Waals surface area contributed by atoms with E-state index in [-0.39, 0.29) is 11.3 Å². The Hall–Kier alpha value is -3.02. The van der Waals surface area contributed by atoms with Crippen LogP contribution in [0.2, 0.25) is 0 Å². The standard InChI is InChI=1S/C20H23NO5/c1-5-14-9-11-15(12-10-14)21-19(22)13(2)26-20(23)16-7-6-8-17(24-3)18(16)25-4/h6-13H,5H2,1-4H3,(H,21,22)/t13-/m0/s1. The highest BCUT2D eigenvalue weighted by Crippen LogP contribution is 2.31. The van der Waals surface area contributed by atoms with Gasteiger partial charge in [-0.1, -0.05) is 25.1 Å². The number of amides is 1. The van der Waals surface area contributed by atoms with Crippen molar-refractivity contribution in [3.63, 3.8) is 0 Å². The molecule has 1 N–H and O–H groups in total. The molecule has 0 unspecified atom stereocenters. The number of benzene rings is 2. The van der Waals surface area contributed by atoms with E-state index in [1.54, 1.807) is 18.2 Å². The van der Waals surface area contributed by atoms with Crippen LogP contribution in [0.5, 0.6) is 11.5 Å². The summed E-state index contributed by atoms with van der Waals surface area (Å²) < 4.78 is 15.7. The summed E-state index contributed by atoms with van der Waals surface area (Å²) in [5, 5.41) is 2.73. The smallest absolute Gasteiger partial charge is 0.342 e. The van der Waals surface area contributed by atoms with Gasteiger partial charge in [0.2, 0.25) is 0 Å². The Kier molecular flexibility index (Phi) is 6.60. The van der Waals surface area contributed by atoms with Crippen molar-refractivity contribution in [2.45, 2.75) is 26.4 Å². The van der Waals surface area contributed by atoms with E-state index in [0.717, 1.165) is 6.42 Å². The van der Waals surface area contributed by atoms with Gasteiger partial charge in [-0.15, -0.1) is 0 Å². The first kappa shape index (κ1) is 19.3. The van der Waals surface area contributed by atoms with Crippen LogP contribution < -0.4 is 14.8 Å². The molecule has 0 saturated heterocycles. The van der Waals surface area contributed by atoms with Crippen LogP contribution in [0.25, 0.3) is 0 Å². The van der Waals surface area contributed by atoms with Gasteiger partial charge in [-0.3, -0.25) is 4.79 Å². The van der Waals surface area contributed by atoms with Gasteiger partial charge in [0.15, 0.2) is 17.6 Å². The summed E-state index contributed by atoms with van der Waals surface area (Å²) in [5.41, 5.74) is 2.01. The van der Waals surface area contributed by atoms with Gasteiger partial charge in [-0.05, 0) is 43.2 Å². The zero-order valence-corrected chi connectivity index (χ0v) is 15.4. The van der Waals surface area contributed by atoms with Crippen molar-refractivity contribution < 1.29 is 23.8 Å². The highest BCUT2D eigenvalue weighted by molar-refractivity contribution is 5.98. The fourth-order valence-electron chi connectivity index (χ4n) is 2.39. The number of anilines is 1. The Morgan fingerprint density at radius 1 is 1.04 bits per heavy atom. The molecule has 2 aromatic carbocycles. The first-order valence-corrected chi connectivity index (χ1v) is 8.31. The lowest BCUT2D eigenvalue weighted by Gasteiger charge is -2.16. The summed E-state index contributed by atoms with van der Waals surface area (Å²) in [4.78, 5) is 24.7. The van der Waals surface area contributed by atoms with Crippen LogP contribution in [0.15, 0.2) is 42.5 Å². The average Bonchev–Trinajstić information content (AvgIpc) is 2.67. The van der Waals surface area contributed by atoms with Crippen molar-refractivity contribution in [3.8, 4) is 11.5 Å². The topological polar surface area (TPSA) is 73.9 Å². The average molecular weight is 357 g/mol. The van der Waals surface area contributed by atoms with Gasteiger partial charge < -0.3 is 19.5 Å². The van der Waals surface area contributed by atoms with E-state index < -0.39 is 18.0 Å². The molecule has 6 heteroatoms. The van der Waals surface area contributed by atoms with E-state index in [9.17, 15) is 9.59 Å². The number of carbonyl (C=O) groups is 2. The monoisotopic (exact) mass is 357 g/mol. The van der Waals surface area contributed by atoms with Crippen LogP contribution in [0.4, 0.5) is 5.69 Å². The van der Waals surface area contributed by atoms with Crippen LogP contribution in [0.3, 0.4) is 0 Å². The lowest BCUT2D eigenvalue weighted by atomic mass is 10.1. The Morgan fingerprint density at radius 2 is 1.73 bits per heavy atom. The summed E-state index contributed by atoms with van der Waals surface area (Å²) in [6, 6.07) is 12.4. The second-order valence-corrected chi connectivity index (χ2v) is 5.63. The number of hydrogen-bond donors (Lipinski definition) is 1. The van der Waals surface area contributed by atoms with E-state index in [1.165, 1.54) is 26.7 Å². The molecule has 1 atom stereocenters. The van der Waals surface area contributed by atoms with Crippen molar-refractivity contribution >= 4 is 17.6 Å². The maximum Gasteiger partial charge on any atom is 0.342 e. The molecule has 26 heavy (non-hydrogen) atoms. The third kappa shape index (κ3) is 4.53. The van der Waals surface area contributed by atoms with Gasteiger partial charge in [-0.2, -0.15) is 0 Å². The number of nitrogens with one attached hydrogen (secondary N) is 1. The van der Waals surface area contributed by atoms with Crippen LogP contribution in [-0.4, -0.2) is 32.2 Å². The number of methoxy groups -OCH3 is 2. The SMILES string of the molecule is CCc1ccc(NC(=O)[C@H](C)OC(=O)c2cccc(OC)c2OC)cc1. The van der Waals surface area contributed by atoms with Gasteiger partial charge >= 0.3 is 5.97 Å². The maximum atomic E-state index is 12.4. The molecule has 0 fully saturated rings. The molecule has 0 radical (unpaired) electrons. The molecule has 2 aromatic rings. The molecular formula is C20H23NO5. The number of rotatable bonds is 7. The molecule has 1 amide bonds. The van der Waals surface area contributed by atoms with Gasteiger partial charge in [0.1, 0.15) is 5.56 Å². The molecule has 0 bridgehead atoms. The van der Waals surface area contributed by atoms with Crippen molar-refractivity contribution in [2.24, 2.45) is 0 Å². The van der Waals surface area contributed by atoms with Crippen LogP contribution >= 0.6 is 0 Å². The van der Waals surface area contributed by atoms with Gasteiger partial charge in [0.05, 0.1) is 14.2 Å². The molecule has 0 aliphatic carbocycles. The first-order valence-electron chi connectivity index (χ1n) is 8.31. The molecule has 0 heterocycles. The molecule has 0 spiro atoms. The molecule has 0 aliphatic rings. The Morgan fingerprint density at radius 3 is 2.31 bits per heavy atom. The summed E-state index contributed by atoms with van der Waals surface area (Å²) in [7, 11) is 2.91. The molecule has 2 rings (SSSR count). The van der Waals surface area contributed by atoms with E-state index in [1.807, 2.05) is 24.3 Å². The molecule has 6 nitrogen and oxygen atoms in total. The number of carbonyl (C=O) groups excluding carboxylic acids is 2. The molecular weight excluding hydrogens is 334 g/mol. The largest absolute Gasteiger partial charge is 0.493 e. The summed E-state index contributed by atoms with van der Waals surface area (Å²) >= 11 is 0. The van der Waals surface area contributed by atoms with Gasteiger partial charge in [-0.25, -0.2) is 4.79 Å². The number of esters is 1. The van der Waals surface area contributed by atoms with E-state index >= 15 is 0 Å². The summed E-state index contributed by atoms with van der Waals surface area (Å²) in [5.74, 6) is -0.396. The third-order valence-electron chi connectivity index (χ3n) is 3.91. The Labute approximate surface area is 153 Å². The third-order valence-corrected chi connectivity index (χ3v) is 3.91. The van der Waals surface area contributed by atoms with E-state index in [4.69, 9.17) is 14.2 Å². The highest BCUT2D eigenvalue weighted by atomic mass is 16.6. The number of ether oxygens (including phenoxy) is 3. The number of para-hydroxylation sites is 1. The molecule has 0 aliphatic heterocycles. The van der Waals surface area contributed by atoms with Crippen LogP contribution in [0.1, 0.15) is 29.8 Å². The fraction of sp³-hybridized carbons (Fsp3) is 0.300. The summed E-state index contributed by atoms with van der Waals surface area (Å²) in [6.07, 6.45) is -0.0470. The molecule has 0 saturated carbocycles. The van der Waals surface area contributed by atoms with Gasteiger partial charge in [0.25, 0.3) is 5.91 Å². The Balaban J connectivity index is 2.05. The van der Waals surface area contributed by atoms with E-state index in [0.29, 0.717) is 11.4 Å². The number of aryl methyl sites for hydroxylation is 1. The summed E-state index contributed by atoms with van der Waals surface area (Å²) in [6.45, 7) is 3.57. The van der Waals surface area contributed by atoms with Crippen molar-refractivity contribution in [1.29, 1.82) is 0 Å². The zero-order chi connectivity index (χ0) is 19.1. The molecule has 0 aromatic heterocycles. The maximum absolute atomic E-state index is 12.4. The van der Waals surface area contributed by atoms with Crippen molar-refractivity contribution in [3.05, 3.63) is 53.6 Å². The van der Waals surface area contributed by atoms with E-state index in [2.05, 4.69) is 12.2 Å². The highest BCUT2D eigenvalue weighted by Gasteiger charge is 2.23. The lowest BCUT2D eigenvalue weighted by Crippen LogP contribution is -2.30. The second kappa shape index (κ2) is 8.89. The van der Waals surface area contributed by atoms with Crippen LogP contribution in [0, 0.1) is 0 Å².